The van der Waals surface area contributed by atoms with Crippen LogP contribution in [0.2, 0.25) is 0 Å². The third-order valence-corrected chi connectivity index (χ3v) is 4.43. The SMILES string of the molecule is Cc1ccc(CS(=O)(=O)NCCN2C(=O)CNC2=O)cc1. The van der Waals surface area contributed by atoms with E-state index in [1.807, 2.05) is 19.1 Å². The highest BCUT2D eigenvalue weighted by molar-refractivity contribution is 7.88. The van der Waals surface area contributed by atoms with Gasteiger partial charge in [-0.2, -0.15) is 0 Å². The monoisotopic (exact) mass is 311 g/mol. The summed E-state index contributed by atoms with van der Waals surface area (Å²) in [5.41, 5.74) is 1.74. The number of hydrogen-bond acceptors (Lipinski definition) is 4. The number of nitrogens with one attached hydrogen (secondary N) is 2. The molecular formula is C13H17N3O4S. The number of carbonyl (C=O) groups excluding carboxylic acids is 2. The zero-order valence-corrected chi connectivity index (χ0v) is 12.4. The second-order valence-corrected chi connectivity index (χ2v) is 6.65. The molecule has 3 amide bonds. The molecule has 21 heavy (non-hydrogen) atoms. The Balaban J connectivity index is 1.85. The van der Waals surface area contributed by atoms with Gasteiger partial charge < -0.3 is 5.32 Å². The standard InChI is InChI=1S/C13H17N3O4S/c1-10-2-4-11(5-3-10)9-21(19,20)15-6-7-16-12(17)8-14-13(16)18/h2-5,15H,6-9H2,1H3,(H,14,18). The van der Waals surface area contributed by atoms with Crippen molar-refractivity contribution >= 4 is 22.0 Å². The molecule has 2 rings (SSSR count). The van der Waals surface area contributed by atoms with Crippen molar-refractivity contribution in [2.45, 2.75) is 12.7 Å². The Hall–Kier alpha value is -1.93. The van der Waals surface area contributed by atoms with E-state index >= 15 is 0 Å². The molecule has 1 aliphatic rings. The van der Waals surface area contributed by atoms with Crippen molar-refractivity contribution in [2.24, 2.45) is 0 Å². The molecule has 0 saturated carbocycles. The molecule has 2 N–H and O–H groups in total. The minimum Gasteiger partial charge on any atom is -0.329 e. The highest BCUT2D eigenvalue weighted by Crippen LogP contribution is 2.07. The molecule has 1 heterocycles. The zero-order chi connectivity index (χ0) is 15.5. The minimum absolute atomic E-state index is 0.00730. The van der Waals surface area contributed by atoms with Crippen LogP contribution in [0, 0.1) is 6.92 Å². The number of hydrogen-bond donors (Lipinski definition) is 2. The largest absolute Gasteiger partial charge is 0.329 e. The van der Waals surface area contributed by atoms with Crippen LogP contribution in [0.4, 0.5) is 4.79 Å². The van der Waals surface area contributed by atoms with E-state index in [4.69, 9.17) is 0 Å². The molecule has 8 heteroatoms. The van der Waals surface area contributed by atoms with Gasteiger partial charge in [0.05, 0.1) is 12.3 Å². The molecule has 0 bridgehead atoms. The predicted molar refractivity (Wildman–Crippen MR) is 76.9 cm³/mol. The van der Waals surface area contributed by atoms with Gasteiger partial charge in [0.2, 0.25) is 15.9 Å². The number of benzene rings is 1. The van der Waals surface area contributed by atoms with Crippen LogP contribution in [0.5, 0.6) is 0 Å². The predicted octanol–water partition coefficient (Wildman–Crippen LogP) is -0.0338. The molecule has 7 nitrogen and oxygen atoms in total. The van der Waals surface area contributed by atoms with Crippen molar-refractivity contribution < 1.29 is 18.0 Å². The number of urea groups is 1. The number of amides is 3. The number of aryl methyl sites for hydroxylation is 1. The summed E-state index contributed by atoms with van der Waals surface area (Å²) in [6, 6.07) is 6.71. The zero-order valence-electron chi connectivity index (χ0n) is 11.6. The molecule has 114 valence electrons. The molecule has 0 aliphatic carbocycles. The van der Waals surface area contributed by atoms with Crippen LogP contribution in [-0.2, 0) is 20.6 Å². The Morgan fingerprint density at radius 3 is 2.48 bits per heavy atom. The van der Waals surface area contributed by atoms with Crippen LogP contribution < -0.4 is 10.0 Å². The first kappa shape index (κ1) is 15.5. The lowest BCUT2D eigenvalue weighted by Gasteiger charge is -2.13. The Labute approximate surface area is 123 Å². The summed E-state index contributed by atoms with van der Waals surface area (Å²) in [6.45, 7) is 1.93. The molecule has 0 atom stereocenters. The molecule has 1 fully saturated rings. The van der Waals surface area contributed by atoms with E-state index in [0.29, 0.717) is 5.56 Å². The number of carbonyl (C=O) groups is 2. The summed E-state index contributed by atoms with van der Waals surface area (Å²) in [4.78, 5) is 23.6. The van der Waals surface area contributed by atoms with Crippen LogP contribution in [-0.4, -0.2) is 44.9 Å². The van der Waals surface area contributed by atoms with Gasteiger partial charge in [0, 0.05) is 13.1 Å². The van der Waals surface area contributed by atoms with Crippen molar-refractivity contribution in [2.75, 3.05) is 19.6 Å². The highest BCUT2D eigenvalue weighted by atomic mass is 32.2. The quantitative estimate of drug-likeness (QED) is 0.721. The lowest BCUT2D eigenvalue weighted by atomic mass is 10.2. The van der Waals surface area contributed by atoms with Crippen LogP contribution >= 0.6 is 0 Å². The van der Waals surface area contributed by atoms with Crippen LogP contribution in [0.25, 0.3) is 0 Å². The average Bonchev–Trinajstić information content (AvgIpc) is 2.73. The number of rotatable bonds is 6. The number of nitrogens with zero attached hydrogens (tertiary/aromatic N) is 1. The van der Waals surface area contributed by atoms with Gasteiger partial charge in [0.1, 0.15) is 0 Å². The van der Waals surface area contributed by atoms with E-state index in [9.17, 15) is 18.0 Å². The van der Waals surface area contributed by atoms with E-state index in [-0.39, 0.29) is 31.3 Å². The molecule has 1 aromatic rings. The third kappa shape index (κ3) is 4.27. The van der Waals surface area contributed by atoms with E-state index in [1.165, 1.54) is 0 Å². The Morgan fingerprint density at radius 1 is 1.24 bits per heavy atom. The van der Waals surface area contributed by atoms with E-state index < -0.39 is 16.1 Å². The summed E-state index contributed by atoms with van der Waals surface area (Å²) in [6.07, 6.45) is 0. The van der Waals surface area contributed by atoms with Crippen molar-refractivity contribution in [3.63, 3.8) is 0 Å². The minimum atomic E-state index is -3.49. The molecule has 1 aromatic carbocycles. The average molecular weight is 311 g/mol. The maximum atomic E-state index is 11.9. The fourth-order valence-corrected chi connectivity index (χ4v) is 3.08. The Kier molecular flexibility index (Phi) is 4.59. The molecule has 0 unspecified atom stereocenters. The summed E-state index contributed by atoms with van der Waals surface area (Å²) in [5, 5.41) is 2.37. The first-order valence-corrected chi connectivity index (χ1v) is 8.14. The summed E-state index contributed by atoms with van der Waals surface area (Å²) in [5.74, 6) is -0.481. The summed E-state index contributed by atoms with van der Waals surface area (Å²) >= 11 is 0. The summed E-state index contributed by atoms with van der Waals surface area (Å²) < 4.78 is 26.2. The molecule has 0 radical (unpaired) electrons. The molecule has 0 spiro atoms. The molecule has 1 aliphatic heterocycles. The van der Waals surface area contributed by atoms with Crippen molar-refractivity contribution in [1.29, 1.82) is 0 Å². The summed E-state index contributed by atoms with van der Waals surface area (Å²) in [7, 11) is -3.49. The fourth-order valence-electron chi connectivity index (χ4n) is 1.95. The fraction of sp³-hybridized carbons (Fsp3) is 0.385. The van der Waals surface area contributed by atoms with E-state index in [1.54, 1.807) is 12.1 Å². The maximum Gasteiger partial charge on any atom is 0.324 e. The van der Waals surface area contributed by atoms with Crippen LogP contribution in [0.15, 0.2) is 24.3 Å². The smallest absolute Gasteiger partial charge is 0.324 e. The second-order valence-electron chi connectivity index (χ2n) is 4.84. The lowest BCUT2D eigenvalue weighted by molar-refractivity contribution is -0.124. The third-order valence-electron chi connectivity index (χ3n) is 3.07. The van der Waals surface area contributed by atoms with Gasteiger partial charge in [0.15, 0.2) is 0 Å². The first-order chi connectivity index (χ1) is 9.87. The van der Waals surface area contributed by atoms with Gasteiger partial charge in [-0.15, -0.1) is 0 Å². The Morgan fingerprint density at radius 2 is 1.90 bits per heavy atom. The number of imide groups is 1. The van der Waals surface area contributed by atoms with Crippen LogP contribution in [0.1, 0.15) is 11.1 Å². The van der Waals surface area contributed by atoms with Gasteiger partial charge in [0.25, 0.3) is 0 Å². The van der Waals surface area contributed by atoms with E-state index in [0.717, 1.165) is 10.5 Å². The first-order valence-electron chi connectivity index (χ1n) is 6.48. The van der Waals surface area contributed by atoms with E-state index in [2.05, 4.69) is 10.0 Å². The molecule has 1 saturated heterocycles. The van der Waals surface area contributed by atoms with Gasteiger partial charge in [-0.1, -0.05) is 29.8 Å². The lowest BCUT2D eigenvalue weighted by Crippen LogP contribution is -2.39. The molecule has 0 aromatic heterocycles. The van der Waals surface area contributed by atoms with Gasteiger partial charge in [-0.3, -0.25) is 9.69 Å². The normalized spacial score (nSPS) is 15.4. The maximum absolute atomic E-state index is 11.9. The van der Waals surface area contributed by atoms with Crippen molar-refractivity contribution in [3.8, 4) is 0 Å². The Bertz CT molecular complexity index is 624. The second kappa shape index (κ2) is 6.23. The van der Waals surface area contributed by atoms with Crippen molar-refractivity contribution in [3.05, 3.63) is 35.4 Å². The van der Waals surface area contributed by atoms with Crippen molar-refractivity contribution in [1.82, 2.24) is 14.9 Å². The van der Waals surface area contributed by atoms with Crippen LogP contribution in [0.3, 0.4) is 0 Å². The topological polar surface area (TPSA) is 95.6 Å². The van der Waals surface area contributed by atoms with Gasteiger partial charge >= 0.3 is 6.03 Å². The number of sulfonamides is 1. The molecular weight excluding hydrogens is 294 g/mol. The van der Waals surface area contributed by atoms with Gasteiger partial charge in [-0.25, -0.2) is 17.9 Å². The van der Waals surface area contributed by atoms with Gasteiger partial charge in [-0.05, 0) is 12.5 Å². The highest BCUT2D eigenvalue weighted by Gasteiger charge is 2.28.